The minimum atomic E-state index is 0.0816. The Balaban J connectivity index is 2.56. The molecule has 1 heterocycles. The van der Waals surface area contributed by atoms with Crippen molar-refractivity contribution in [1.82, 2.24) is 4.90 Å². The van der Waals surface area contributed by atoms with Crippen molar-refractivity contribution < 1.29 is 4.79 Å². The number of nitrogens with zero attached hydrogens (tertiary/aromatic N) is 1. The average Bonchev–Trinajstić information content (AvgIpc) is 2.51. The zero-order chi connectivity index (χ0) is 11.9. The summed E-state index contributed by atoms with van der Waals surface area (Å²) in [6.07, 6.45) is 0. The summed E-state index contributed by atoms with van der Waals surface area (Å²) in [5.41, 5.74) is 2.14. The first kappa shape index (κ1) is 11.2. The molecule has 0 fully saturated rings. The Morgan fingerprint density at radius 2 is 1.88 bits per heavy atom. The van der Waals surface area contributed by atoms with Gasteiger partial charge in [0.1, 0.15) is 0 Å². The van der Waals surface area contributed by atoms with Crippen molar-refractivity contribution in [3.05, 3.63) is 35.4 Å². The molecule has 0 radical (unpaired) electrons. The van der Waals surface area contributed by atoms with Crippen LogP contribution in [0.2, 0.25) is 0 Å². The molecule has 0 aromatic heterocycles. The molecule has 1 aliphatic heterocycles. The van der Waals surface area contributed by atoms with Crippen molar-refractivity contribution in [3.8, 4) is 0 Å². The molecule has 1 unspecified atom stereocenters. The highest BCUT2D eigenvalue weighted by molar-refractivity contribution is 5.99. The molecule has 16 heavy (non-hydrogen) atoms. The first-order valence-electron chi connectivity index (χ1n) is 5.86. The van der Waals surface area contributed by atoms with Gasteiger partial charge < -0.3 is 4.90 Å². The van der Waals surface area contributed by atoms with Gasteiger partial charge in [0, 0.05) is 12.1 Å². The molecule has 0 spiro atoms. The van der Waals surface area contributed by atoms with Crippen LogP contribution in [0.25, 0.3) is 0 Å². The summed E-state index contributed by atoms with van der Waals surface area (Å²) in [7, 11) is 0. The van der Waals surface area contributed by atoms with Gasteiger partial charge in [0.15, 0.2) is 0 Å². The summed E-state index contributed by atoms with van der Waals surface area (Å²) in [6, 6.07) is 8.19. The topological polar surface area (TPSA) is 20.3 Å². The second kappa shape index (κ2) is 3.62. The number of amides is 1. The fourth-order valence-corrected chi connectivity index (χ4v) is 2.63. The summed E-state index contributed by atoms with van der Waals surface area (Å²) in [5.74, 6) is 0.179. The third-order valence-electron chi connectivity index (χ3n) is 3.22. The van der Waals surface area contributed by atoms with E-state index in [4.69, 9.17) is 0 Å². The number of benzene rings is 1. The first-order valence-corrected chi connectivity index (χ1v) is 5.86. The lowest BCUT2D eigenvalue weighted by atomic mass is 9.82. The maximum atomic E-state index is 12.2. The van der Waals surface area contributed by atoms with E-state index in [-0.39, 0.29) is 17.4 Å². The summed E-state index contributed by atoms with van der Waals surface area (Å²) < 4.78 is 0. The second-order valence-corrected chi connectivity index (χ2v) is 5.45. The van der Waals surface area contributed by atoms with Crippen molar-refractivity contribution in [2.24, 2.45) is 5.41 Å². The van der Waals surface area contributed by atoms with Gasteiger partial charge in [-0.3, -0.25) is 4.79 Å². The molecule has 1 aliphatic rings. The molecule has 86 valence electrons. The van der Waals surface area contributed by atoms with Crippen molar-refractivity contribution in [1.29, 1.82) is 0 Å². The average molecular weight is 217 g/mol. The van der Waals surface area contributed by atoms with Crippen LogP contribution in [0.1, 0.15) is 49.7 Å². The highest BCUT2D eigenvalue weighted by atomic mass is 16.2. The molecule has 2 rings (SSSR count). The SMILES string of the molecule is CCN1C(=O)c2ccccc2C1C(C)(C)C. The van der Waals surface area contributed by atoms with Crippen LogP contribution in [0, 0.1) is 5.41 Å². The van der Waals surface area contributed by atoms with E-state index in [2.05, 4.69) is 26.8 Å². The lowest BCUT2D eigenvalue weighted by Crippen LogP contribution is -2.35. The number of hydrogen-bond acceptors (Lipinski definition) is 1. The summed E-state index contributed by atoms with van der Waals surface area (Å²) in [5, 5.41) is 0. The minimum absolute atomic E-state index is 0.0816. The van der Waals surface area contributed by atoms with E-state index in [0.717, 1.165) is 12.1 Å². The fourth-order valence-electron chi connectivity index (χ4n) is 2.63. The van der Waals surface area contributed by atoms with Crippen LogP contribution in [0.15, 0.2) is 24.3 Å². The normalized spacial score (nSPS) is 20.1. The molecule has 0 N–H and O–H groups in total. The highest BCUT2D eigenvalue weighted by Crippen LogP contribution is 2.44. The molecular formula is C14H19NO. The van der Waals surface area contributed by atoms with Crippen LogP contribution in [0.4, 0.5) is 0 Å². The van der Waals surface area contributed by atoms with E-state index >= 15 is 0 Å². The van der Waals surface area contributed by atoms with E-state index in [1.165, 1.54) is 5.56 Å². The minimum Gasteiger partial charge on any atom is -0.331 e. The molecule has 0 bridgehead atoms. The fraction of sp³-hybridized carbons (Fsp3) is 0.500. The Hall–Kier alpha value is -1.31. The molecule has 0 aliphatic carbocycles. The van der Waals surface area contributed by atoms with E-state index < -0.39 is 0 Å². The molecule has 1 aromatic carbocycles. The van der Waals surface area contributed by atoms with Gasteiger partial charge in [-0.05, 0) is 24.0 Å². The molecule has 2 heteroatoms. The number of hydrogen-bond donors (Lipinski definition) is 0. The van der Waals surface area contributed by atoms with Crippen molar-refractivity contribution in [2.75, 3.05) is 6.54 Å². The summed E-state index contributed by atoms with van der Waals surface area (Å²) >= 11 is 0. The van der Waals surface area contributed by atoms with Gasteiger partial charge in [-0.25, -0.2) is 0 Å². The molecule has 0 saturated heterocycles. The highest BCUT2D eigenvalue weighted by Gasteiger charge is 2.41. The van der Waals surface area contributed by atoms with Gasteiger partial charge in [0.05, 0.1) is 6.04 Å². The smallest absolute Gasteiger partial charge is 0.254 e. The van der Waals surface area contributed by atoms with Crippen LogP contribution in [0.5, 0.6) is 0 Å². The molecule has 2 nitrogen and oxygen atoms in total. The van der Waals surface area contributed by atoms with Crippen molar-refractivity contribution >= 4 is 5.91 Å². The third kappa shape index (κ3) is 1.53. The summed E-state index contributed by atoms with van der Waals surface area (Å²) in [4.78, 5) is 14.2. The predicted octanol–water partition coefficient (Wildman–Crippen LogP) is 3.25. The number of fused-ring (bicyclic) bond motifs is 1. The Kier molecular flexibility index (Phi) is 2.53. The van der Waals surface area contributed by atoms with Gasteiger partial charge in [-0.2, -0.15) is 0 Å². The van der Waals surface area contributed by atoms with Gasteiger partial charge in [-0.1, -0.05) is 39.0 Å². The standard InChI is InChI=1S/C14H19NO/c1-5-15-12(14(2,3)4)10-8-6-7-9-11(10)13(15)16/h6-9,12H,5H2,1-4H3. The van der Waals surface area contributed by atoms with E-state index in [1.807, 2.05) is 30.0 Å². The number of carbonyl (C=O) groups excluding carboxylic acids is 1. The predicted molar refractivity (Wildman–Crippen MR) is 65.3 cm³/mol. The maximum absolute atomic E-state index is 12.2. The maximum Gasteiger partial charge on any atom is 0.254 e. The van der Waals surface area contributed by atoms with Crippen LogP contribution < -0.4 is 0 Å². The largest absolute Gasteiger partial charge is 0.331 e. The lowest BCUT2D eigenvalue weighted by Gasteiger charge is -2.35. The van der Waals surface area contributed by atoms with Gasteiger partial charge in [0.25, 0.3) is 5.91 Å². The van der Waals surface area contributed by atoms with Crippen LogP contribution in [0.3, 0.4) is 0 Å². The summed E-state index contributed by atoms with van der Waals surface area (Å²) in [6.45, 7) is 9.39. The van der Waals surface area contributed by atoms with E-state index in [1.54, 1.807) is 0 Å². The Labute approximate surface area is 97.3 Å². The Morgan fingerprint density at radius 1 is 1.25 bits per heavy atom. The van der Waals surface area contributed by atoms with Crippen molar-refractivity contribution in [2.45, 2.75) is 33.7 Å². The quantitative estimate of drug-likeness (QED) is 0.707. The van der Waals surface area contributed by atoms with Crippen molar-refractivity contribution in [3.63, 3.8) is 0 Å². The zero-order valence-electron chi connectivity index (χ0n) is 10.4. The molecule has 1 amide bonds. The molecule has 1 aromatic rings. The second-order valence-electron chi connectivity index (χ2n) is 5.45. The van der Waals surface area contributed by atoms with Crippen LogP contribution in [-0.4, -0.2) is 17.4 Å². The third-order valence-corrected chi connectivity index (χ3v) is 3.22. The zero-order valence-corrected chi connectivity index (χ0v) is 10.4. The first-order chi connectivity index (χ1) is 7.46. The Bertz CT molecular complexity index is 417. The van der Waals surface area contributed by atoms with E-state index in [9.17, 15) is 4.79 Å². The van der Waals surface area contributed by atoms with Gasteiger partial charge in [0.2, 0.25) is 0 Å². The van der Waals surface area contributed by atoms with Gasteiger partial charge >= 0.3 is 0 Å². The number of rotatable bonds is 1. The molecule has 1 atom stereocenters. The monoisotopic (exact) mass is 217 g/mol. The lowest BCUT2D eigenvalue weighted by molar-refractivity contribution is 0.0608. The van der Waals surface area contributed by atoms with Crippen LogP contribution in [-0.2, 0) is 0 Å². The molecular weight excluding hydrogens is 198 g/mol. The van der Waals surface area contributed by atoms with E-state index in [0.29, 0.717) is 0 Å². The number of carbonyl (C=O) groups is 1. The van der Waals surface area contributed by atoms with Crippen LogP contribution >= 0.6 is 0 Å². The Morgan fingerprint density at radius 3 is 2.44 bits per heavy atom. The van der Waals surface area contributed by atoms with Gasteiger partial charge in [-0.15, -0.1) is 0 Å². The molecule has 0 saturated carbocycles.